The molecular formula is C16H26N2O3. The van der Waals surface area contributed by atoms with Crippen LogP contribution in [0.15, 0.2) is 29.4 Å². The Labute approximate surface area is 126 Å². The van der Waals surface area contributed by atoms with Crippen molar-refractivity contribution in [1.82, 2.24) is 0 Å². The van der Waals surface area contributed by atoms with E-state index < -0.39 is 0 Å². The van der Waals surface area contributed by atoms with Crippen molar-refractivity contribution >= 4 is 5.84 Å². The summed E-state index contributed by atoms with van der Waals surface area (Å²) in [7, 11) is 0. The van der Waals surface area contributed by atoms with Crippen molar-refractivity contribution in [3.05, 3.63) is 24.3 Å². The van der Waals surface area contributed by atoms with Crippen molar-refractivity contribution in [2.45, 2.75) is 40.0 Å². The van der Waals surface area contributed by atoms with Crippen LogP contribution >= 0.6 is 0 Å². The SMILES string of the molecule is CCOc1ccccc1OCCCCC(C)(C)/C(N)=N/O. The highest BCUT2D eigenvalue weighted by atomic mass is 16.5. The first-order chi connectivity index (χ1) is 10.0. The number of para-hydroxylation sites is 2. The van der Waals surface area contributed by atoms with E-state index in [9.17, 15) is 0 Å². The molecule has 0 aliphatic heterocycles. The predicted octanol–water partition coefficient (Wildman–Crippen LogP) is 3.41. The first-order valence-electron chi connectivity index (χ1n) is 7.34. The second-order valence-electron chi connectivity index (χ2n) is 5.55. The molecule has 0 bridgehead atoms. The van der Waals surface area contributed by atoms with E-state index >= 15 is 0 Å². The lowest BCUT2D eigenvalue weighted by Gasteiger charge is -2.22. The average Bonchev–Trinajstić information content (AvgIpc) is 2.47. The molecule has 0 aliphatic rings. The number of unbranched alkanes of at least 4 members (excludes halogenated alkanes) is 1. The third-order valence-electron chi connectivity index (χ3n) is 3.40. The molecule has 5 heteroatoms. The quantitative estimate of drug-likeness (QED) is 0.240. The second-order valence-corrected chi connectivity index (χ2v) is 5.55. The molecule has 0 amide bonds. The third-order valence-corrected chi connectivity index (χ3v) is 3.40. The number of nitrogens with zero attached hydrogens (tertiary/aromatic N) is 1. The van der Waals surface area contributed by atoms with E-state index in [-0.39, 0.29) is 11.3 Å². The lowest BCUT2D eigenvalue weighted by Crippen LogP contribution is -2.31. The first kappa shape index (κ1) is 17.1. The highest BCUT2D eigenvalue weighted by Gasteiger charge is 2.22. The molecule has 3 N–H and O–H groups in total. The number of amidine groups is 1. The van der Waals surface area contributed by atoms with Crippen molar-refractivity contribution in [2.24, 2.45) is 16.3 Å². The van der Waals surface area contributed by atoms with Gasteiger partial charge in [0.1, 0.15) is 5.84 Å². The van der Waals surface area contributed by atoms with E-state index in [2.05, 4.69) is 5.16 Å². The van der Waals surface area contributed by atoms with Crippen LogP contribution in [0.5, 0.6) is 11.5 Å². The summed E-state index contributed by atoms with van der Waals surface area (Å²) in [5, 5.41) is 11.8. The van der Waals surface area contributed by atoms with Gasteiger partial charge in [0.2, 0.25) is 0 Å². The van der Waals surface area contributed by atoms with Gasteiger partial charge < -0.3 is 20.4 Å². The van der Waals surface area contributed by atoms with E-state index in [1.807, 2.05) is 45.0 Å². The summed E-state index contributed by atoms with van der Waals surface area (Å²) < 4.78 is 11.3. The number of benzene rings is 1. The molecule has 0 saturated heterocycles. The zero-order valence-corrected chi connectivity index (χ0v) is 13.1. The molecular weight excluding hydrogens is 268 g/mol. The molecule has 5 nitrogen and oxygen atoms in total. The van der Waals surface area contributed by atoms with E-state index in [1.54, 1.807) is 0 Å². The fourth-order valence-electron chi connectivity index (χ4n) is 1.96. The maximum Gasteiger partial charge on any atom is 0.161 e. The number of ether oxygens (including phenoxy) is 2. The van der Waals surface area contributed by atoms with Crippen LogP contribution in [-0.2, 0) is 0 Å². The molecule has 118 valence electrons. The van der Waals surface area contributed by atoms with Crippen LogP contribution in [0.1, 0.15) is 40.0 Å². The van der Waals surface area contributed by atoms with Gasteiger partial charge in [0.25, 0.3) is 0 Å². The Bertz CT molecular complexity index is 459. The Hall–Kier alpha value is -1.91. The van der Waals surface area contributed by atoms with Crippen LogP contribution in [0.3, 0.4) is 0 Å². The summed E-state index contributed by atoms with van der Waals surface area (Å²) in [6, 6.07) is 7.67. The summed E-state index contributed by atoms with van der Waals surface area (Å²) in [5.74, 6) is 1.82. The summed E-state index contributed by atoms with van der Waals surface area (Å²) in [5.41, 5.74) is 5.37. The van der Waals surface area contributed by atoms with Gasteiger partial charge in [0, 0.05) is 5.41 Å². The number of nitrogens with two attached hydrogens (primary N) is 1. The van der Waals surface area contributed by atoms with E-state index in [0.29, 0.717) is 13.2 Å². The van der Waals surface area contributed by atoms with Gasteiger partial charge in [-0.3, -0.25) is 0 Å². The van der Waals surface area contributed by atoms with E-state index in [1.165, 1.54) is 0 Å². The minimum Gasteiger partial charge on any atom is -0.490 e. The molecule has 0 saturated carbocycles. The molecule has 0 spiro atoms. The average molecular weight is 294 g/mol. The van der Waals surface area contributed by atoms with Gasteiger partial charge in [-0.1, -0.05) is 31.1 Å². The molecule has 0 unspecified atom stereocenters. The standard InChI is InChI=1S/C16H26N2O3/c1-4-20-13-9-5-6-10-14(13)21-12-8-7-11-16(2,3)15(17)18-19/h5-6,9-10,19H,4,7-8,11-12H2,1-3H3,(H2,17,18). The summed E-state index contributed by atoms with van der Waals surface area (Å²) >= 11 is 0. The third kappa shape index (κ3) is 5.53. The van der Waals surface area contributed by atoms with Gasteiger partial charge in [0.05, 0.1) is 13.2 Å². The molecule has 0 radical (unpaired) electrons. The fourth-order valence-corrected chi connectivity index (χ4v) is 1.96. The largest absolute Gasteiger partial charge is 0.490 e. The monoisotopic (exact) mass is 294 g/mol. The lowest BCUT2D eigenvalue weighted by molar-refractivity contribution is 0.265. The molecule has 0 atom stereocenters. The molecule has 0 fully saturated rings. The Morgan fingerprint density at radius 1 is 1.19 bits per heavy atom. The van der Waals surface area contributed by atoms with Gasteiger partial charge in [-0.15, -0.1) is 0 Å². The Morgan fingerprint density at radius 3 is 2.38 bits per heavy atom. The van der Waals surface area contributed by atoms with E-state index in [4.69, 9.17) is 20.4 Å². The number of rotatable bonds is 9. The Morgan fingerprint density at radius 2 is 1.81 bits per heavy atom. The maximum atomic E-state index is 8.73. The molecule has 1 rings (SSSR count). The number of hydrogen-bond donors (Lipinski definition) is 2. The Balaban J connectivity index is 2.35. The van der Waals surface area contributed by atoms with Crippen molar-refractivity contribution in [3.63, 3.8) is 0 Å². The predicted molar refractivity (Wildman–Crippen MR) is 84.1 cm³/mol. The number of oxime groups is 1. The topological polar surface area (TPSA) is 77.1 Å². The maximum absolute atomic E-state index is 8.73. The number of hydrogen-bond acceptors (Lipinski definition) is 4. The molecule has 1 aromatic rings. The minimum atomic E-state index is -0.294. The van der Waals surface area contributed by atoms with Gasteiger partial charge in [-0.2, -0.15) is 0 Å². The van der Waals surface area contributed by atoms with Crippen molar-refractivity contribution in [1.29, 1.82) is 0 Å². The van der Waals surface area contributed by atoms with Gasteiger partial charge in [-0.05, 0) is 38.3 Å². The zero-order chi connectivity index (χ0) is 15.7. The highest BCUT2D eigenvalue weighted by Crippen LogP contribution is 2.27. The minimum absolute atomic E-state index is 0.269. The first-order valence-corrected chi connectivity index (χ1v) is 7.34. The molecule has 0 aliphatic carbocycles. The van der Waals surface area contributed by atoms with Gasteiger partial charge in [0.15, 0.2) is 11.5 Å². The van der Waals surface area contributed by atoms with Gasteiger partial charge >= 0.3 is 0 Å². The molecule has 1 aromatic carbocycles. The molecule has 0 heterocycles. The van der Waals surface area contributed by atoms with Crippen molar-refractivity contribution in [3.8, 4) is 11.5 Å². The highest BCUT2D eigenvalue weighted by molar-refractivity contribution is 5.85. The lowest BCUT2D eigenvalue weighted by atomic mass is 9.86. The molecule has 21 heavy (non-hydrogen) atoms. The van der Waals surface area contributed by atoms with Crippen molar-refractivity contribution < 1.29 is 14.7 Å². The summed E-state index contributed by atoms with van der Waals surface area (Å²) in [6.07, 6.45) is 2.70. The zero-order valence-electron chi connectivity index (χ0n) is 13.1. The fraction of sp³-hybridized carbons (Fsp3) is 0.562. The summed E-state index contributed by atoms with van der Waals surface area (Å²) in [4.78, 5) is 0. The smallest absolute Gasteiger partial charge is 0.161 e. The van der Waals surface area contributed by atoms with Crippen molar-refractivity contribution in [2.75, 3.05) is 13.2 Å². The van der Waals surface area contributed by atoms with E-state index in [0.717, 1.165) is 30.8 Å². The van der Waals surface area contributed by atoms with Crippen LogP contribution in [0.2, 0.25) is 0 Å². The van der Waals surface area contributed by atoms with Crippen LogP contribution in [-0.4, -0.2) is 24.3 Å². The van der Waals surface area contributed by atoms with Crippen LogP contribution in [0.25, 0.3) is 0 Å². The normalized spacial score (nSPS) is 12.2. The summed E-state index contributed by atoms with van der Waals surface area (Å²) in [6.45, 7) is 7.12. The second kappa shape index (κ2) is 8.39. The van der Waals surface area contributed by atoms with Gasteiger partial charge in [-0.25, -0.2) is 0 Å². The van der Waals surface area contributed by atoms with Crippen LogP contribution in [0.4, 0.5) is 0 Å². The van der Waals surface area contributed by atoms with Crippen LogP contribution in [0, 0.1) is 5.41 Å². The molecule has 0 aromatic heterocycles. The van der Waals surface area contributed by atoms with Crippen LogP contribution < -0.4 is 15.2 Å². The Kier molecular flexibility index (Phi) is 6.85.